The Kier molecular flexibility index (Phi) is 6.95. The van der Waals surface area contributed by atoms with Crippen molar-refractivity contribution in [3.63, 3.8) is 0 Å². The molecule has 3 N–H and O–H groups in total. The second-order valence-electron chi connectivity index (χ2n) is 7.88. The molecule has 1 unspecified atom stereocenters. The van der Waals surface area contributed by atoms with Gasteiger partial charge in [0.05, 0.1) is 20.2 Å². The van der Waals surface area contributed by atoms with Crippen LogP contribution in [0.15, 0.2) is 0 Å². The van der Waals surface area contributed by atoms with Crippen molar-refractivity contribution in [2.45, 2.75) is 18.9 Å². The van der Waals surface area contributed by atoms with Crippen LogP contribution in [0.3, 0.4) is 0 Å². The van der Waals surface area contributed by atoms with Crippen LogP contribution < -0.4 is 5.73 Å². The number of nitrogens with two attached hydrogens (primary N) is 1. The fraction of sp³-hybridized carbons (Fsp3) is 0.833. The molecule has 0 saturated carbocycles. The van der Waals surface area contributed by atoms with Gasteiger partial charge in [-0.3, -0.25) is 20.0 Å². The molecule has 3 aliphatic rings. The Bertz CT molecular complexity index is 572. The largest absolute Gasteiger partial charge is 0.468 e. The summed E-state index contributed by atoms with van der Waals surface area (Å²) < 4.78 is 10.3. The summed E-state index contributed by atoms with van der Waals surface area (Å²) in [4.78, 5) is 31.7. The molecule has 0 aromatic heterocycles. The first-order valence-electron chi connectivity index (χ1n) is 10.0. The molecule has 28 heavy (non-hydrogen) atoms. The molecule has 3 heterocycles. The number of guanidine groups is 1. The summed E-state index contributed by atoms with van der Waals surface area (Å²) in [5.74, 6) is 0.359. The van der Waals surface area contributed by atoms with Crippen LogP contribution in [0.4, 0.5) is 4.79 Å². The number of esters is 1. The molecule has 0 bridgehead atoms. The van der Waals surface area contributed by atoms with E-state index in [1.54, 1.807) is 0 Å². The third kappa shape index (κ3) is 5.48. The molecular formula is C18H32N6O4. The highest BCUT2D eigenvalue weighted by molar-refractivity contribution is 5.74. The highest BCUT2D eigenvalue weighted by Gasteiger charge is 2.35. The summed E-state index contributed by atoms with van der Waals surface area (Å²) in [7, 11) is 1.41. The first kappa shape index (κ1) is 20.7. The molecule has 3 rings (SSSR count). The maximum Gasteiger partial charge on any atom is 0.410 e. The van der Waals surface area contributed by atoms with Gasteiger partial charge in [0, 0.05) is 52.4 Å². The first-order valence-corrected chi connectivity index (χ1v) is 10.0. The molecule has 0 radical (unpaired) electrons. The Morgan fingerprint density at radius 1 is 1.14 bits per heavy atom. The minimum absolute atomic E-state index is 0.100. The SMILES string of the molecule is COC(=O)CN1CCN(CC2CN(CC3CCN(C(=N)N)CC3)C(=O)O2)CC1. The van der Waals surface area contributed by atoms with Gasteiger partial charge in [-0.05, 0) is 18.8 Å². The quantitative estimate of drug-likeness (QED) is 0.341. The standard InChI is InChI=1S/C18H32N6O4/c1-27-16(25)13-22-8-6-21(7-9-22)11-15-12-24(18(26)28-15)10-14-2-4-23(5-3-14)17(19)20/h14-15H,2-13H2,1H3,(H3,19,20). The number of ether oxygens (including phenoxy) is 2. The monoisotopic (exact) mass is 396 g/mol. The number of carbonyl (C=O) groups is 2. The van der Waals surface area contributed by atoms with E-state index in [9.17, 15) is 9.59 Å². The zero-order valence-corrected chi connectivity index (χ0v) is 16.6. The normalized spacial score (nSPS) is 25.0. The molecule has 3 saturated heterocycles. The van der Waals surface area contributed by atoms with Crippen molar-refractivity contribution in [1.82, 2.24) is 19.6 Å². The number of piperidine rings is 1. The Morgan fingerprint density at radius 2 is 1.79 bits per heavy atom. The number of methoxy groups -OCH3 is 1. The van der Waals surface area contributed by atoms with E-state index in [0.29, 0.717) is 25.6 Å². The third-order valence-electron chi connectivity index (χ3n) is 5.89. The molecule has 3 fully saturated rings. The van der Waals surface area contributed by atoms with Crippen LogP contribution in [0.2, 0.25) is 0 Å². The van der Waals surface area contributed by atoms with Gasteiger partial charge in [0.2, 0.25) is 0 Å². The highest BCUT2D eigenvalue weighted by atomic mass is 16.6. The second kappa shape index (κ2) is 9.42. The van der Waals surface area contributed by atoms with E-state index in [0.717, 1.165) is 58.7 Å². The van der Waals surface area contributed by atoms with E-state index in [1.807, 2.05) is 9.80 Å². The highest BCUT2D eigenvalue weighted by Crippen LogP contribution is 2.22. The van der Waals surface area contributed by atoms with Gasteiger partial charge in [0.25, 0.3) is 0 Å². The van der Waals surface area contributed by atoms with Gasteiger partial charge in [-0.25, -0.2) is 4.79 Å². The lowest BCUT2D eigenvalue weighted by Gasteiger charge is -2.35. The van der Waals surface area contributed by atoms with Crippen LogP contribution in [-0.4, -0.2) is 116 Å². The van der Waals surface area contributed by atoms with Crippen molar-refractivity contribution in [1.29, 1.82) is 5.41 Å². The molecular weight excluding hydrogens is 364 g/mol. The van der Waals surface area contributed by atoms with Crippen molar-refractivity contribution < 1.29 is 19.1 Å². The van der Waals surface area contributed by atoms with E-state index in [4.69, 9.17) is 20.6 Å². The van der Waals surface area contributed by atoms with Crippen LogP contribution in [0, 0.1) is 11.3 Å². The second-order valence-corrected chi connectivity index (χ2v) is 7.88. The third-order valence-corrected chi connectivity index (χ3v) is 5.89. The summed E-state index contributed by atoms with van der Waals surface area (Å²) >= 11 is 0. The number of hydrogen-bond donors (Lipinski definition) is 2. The lowest BCUT2D eigenvalue weighted by atomic mass is 9.96. The summed E-state index contributed by atoms with van der Waals surface area (Å²) in [6, 6.07) is 0. The average Bonchev–Trinajstić information content (AvgIpc) is 3.02. The number of likely N-dealkylation sites (tertiary alicyclic amines) is 1. The number of piperazine rings is 1. The Balaban J connectivity index is 1.37. The molecule has 3 aliphatic heterocycles. The number of amides is 1. The topological polar surface area (TPSA) is 115 Å². The molecule has 10 heteroatoms. The molecule has 1 amide bonds. The number of rotatable bonds is 6. The lowest BCUT2D eigenvalue weighted by Crippen LogP contribution is -2.50. The maximum atomic E-state index is 12.2. The molecule has 1 atom stereocenters. The fourth-order valence-electron chi connectivity index (χ4n) is 4.15. The van der Waals surface area contributed by atoms with E-state index >= 15 is 0 Å². The summed E-state index contributed by atoms with van der Waals surface area (Å²) in [5.41, 5.74) is 5.54. The molecule has 158 valence electrons. The van der Waals surface area contributed by atoms with Crippen molar-refractivity contribution in [3.05, 3.63) is 0 Å². The number of cyclic esters (lactones) is 1. The summed E-state index contributed by atoms with van der Waals surface area (Å²) in [5, 5.41) is 7.50. The fourth-order valence-corrected chi connectivity index (χ4v) is 4.15. The predicted molar refractivity (Wildman–Crippen MR) is 103 cm³/mol. The minimum Gasteiger partial charge on any atom is -0.468 e. The Morgan fingerprint density at radius 3 is 2.39 bits per heavy atom. The minimum atomic E-state index is -0.219. The van der Waals surface area contributed by atoms with Gasteiger partial charge in [0.15, 0.2) is 5.96 Å². The van der Waals surface area contributed by atoms with E-state index in [-0.39, 0.29) is 24.1 Å². The average molecular weight is 396 g/mol. The van der Waals surface area contributed by atoms with Gasteiger partial charge >= 0.3 is 12.1 Å². The van der Waals surface area contributed by atoms with Crippen molar-refractivity contribution >= 4 is 18.0 Å². The van der Waals surface area contributed by atoms with Crippen LogP contribution in [0.25, 0.3) is 0 Å². The van der Waals surface area contributed by atoms with E-state index < -0.39 is 0 Å². The number of carbonyl (C=O) groups excluding carboxylic acids is 2. The van der Waals surface area contributed by atoms with E-state index in [1.165, 1.54) is 7.11 Å². The van der Waals surface area contributed by atoms with E-state index in [2.05, 4.69) is 9.80 Å². The van der Waals surface area contributed by atoms with Gasteiger partial charge < -0.3 is 25.0 Å². The molecule has 10 nitrogen and oxygen atoms in total. The van der Waals surface area contributed by atoms with Crippen LogP contribution in [-0.2, 0) is 14.3 Å². The molecule has 0 spiro atoms. The maximum absolute atomic E-state index is 12.2. The van der Waals surface area contributed by atoms with Gasteiger partial charge in [-0.2, -0.15) is 0 Å². The zero-order chi connectivity index (χ0) is 20.1. The smallest absolute Gasteiger partial charge is 0.410 e. The Hall–Kier alpha value is -2.07. The summed E-state index contributed by atoms with van der Waals surface area (Å²) in [6.07, 6.45) is 1.56. The van der Waals surface area contributed by atoms with Crippen LogP contribution in [0.1, 0.15) is 12.8 Å². The van der Waals surface area contributed by atoms with Gasteiger partial charge in [-0.15, -0.1) is 0 Å². The van der Waals surface area contributed by atoms with Gasteiger partial charge in [0.1, 0.15) is 6.10 Å². The molecule has 0 aliphatic carbocycles. The molecule has 0 aromatic carbocycles. The Labute approximate surface area is 166 Å². The zero-order valence-electron chi connectivity index (χ0n) is 16.6. The summed E-state index contributed by atoms with van der Waals surface area (Å²) in [6.45, 7) is 7.31. The first-order chi connectivity index (χ1) is 13.4. The van der Waals surface area contributed by atoms with Gasteiger partial charge in [-0.1, -0.05) is 0 Å². The number of nitrogens with one attached hydrogen (secondary N) is 1. The molecule has 0 aromatic rings. The van der Waals surface area contributed by atoms with Crippen molar-refractivity contribution in [2.24, 2.45) is 11.7 Å². The predicted octanol–water partition coefficient (Wildman–Crippen LogP) is -0.797. The van der Waals surface area contributed by atoms with Crippen LogP contribution >= 0.6 is 0 Å². The van der Waals surface area contributed by atoms with Crippen molar-refractivity contribution in [3.8, 4) is 0 Å². The number of hydrogen-bond acceptors (Lipinski definition) is 7. The van der Waals surface area contributed by atoms with Crippen LogP contribution in [0.5, 0.6) is 0 Å². The number of nitrogens with zero attached hydrogens (tertiary/aromatic N) is 4. The lowest BCUT2D eigenvalue weighted by molar-refractivity contribution is -0.142. The van der Waals surface area contributed by atoms with Crippen molar-refractivity contribution in [2.75, 3.05) is 72.6 Å².